The number of halogens is 1. The molecule has 0 saturated carbocycles. The summed E-state index contributed by atoms with van der Waals surface area (Å²) in [6.07, 6.45) is -0.0500. The summed E-state index contributed by atoms with van der Waals surface area (Å²) in [6, 6.07) is 5.57. The third-order valence-electron chi connectivity index (χ3n) is 3.62. The fourth-order valence-electron chi connectivity index (χ4n) is 1.87. The van der Waals surface area contributed by atoms with Crippen molar-refractivity contribution in [2.75, 3.05) is 5.32 Å². The monoisotopic (exact) mass is 341 g/mol. The Labute approximate surface area is 127 Å². The van der Waals surface area contributed by atoms with Crippen molar-refractivity contribution in [3.63, 3.8) is 0 Å². The number of carboxylic acids is 1. The minimum atomic E-state index is -1.06. The van der Waals surface area contributed by atoms with E-state index in [9.17, 15) is 14.7 Å². The van der Waals surface area contributed by atoms with Gasteiger partial charge < -0.3 is 10.4 Å². The molecule has 5 heteroatoms. The van der Waals surface area contributed by atoms with Crippen molar-refractivity contribution in [2.24, 2.45) is 11.3 Å². The first-order chi connectivity index (χ1) is 9.15. The second kappa shape index (κ2) is 6.39. The summed E-state index contributed by atoms with van der Waals surface area (Å²) >= 11 is 3.37. The van der Waals surface area contributed by atoms with Crippen LogP contribution in [0, 0.1) is 18.3 Å². The molecule has 0 spiro atoms. The van der Waals surface area contributed by atoms with Gasteiger partial charge in [0, 0.05) is 16.6 Å². The van der Waals surface area contributed by atoms with Crippen LogP contribution in [0.25, 0.3) is 0 Å². The Morgan fingerprint density at radius 3 is 2.40 bits per heavy atom. The first-order valence-corrected chi connectivity index (χ1v) is 7.25. The number of carbonyl (C=O) groups is 2. The fraction of sp³-hybridized carbons (Fsp3) is 0.467. The molecule has 4 nitrogen and oxygen atoms in total. The molecule has 1 rings (SSSR count). The number of anilines is 1. The predicted octanol–water partition coefficient (Wildman–Crippen LogP) is 3.83. The average Bonchev–Trinajstić information content (AvgIpc) is 2.26. The van der Waals surface area contributed by atoms with Crippen LogP contribution in [0.5, 0.6) is 0 Å². The molecule has 0 fully saturated rings. The maximum atomic E-state index is 12.1. The lowest BCUT2D eigenvalue weighted by atomic mass is 9.76. The van der Waals surface area contributed by atoms with E-state index in [4.69, 9.17) is 0 Å². The number of benzene rings is 1. The minimum Gasteiger partial charge on any atom is -0.481 e. The number of hydrogen-bond acceptors (Lipinski definition) is 2. The highest BCUT2D eigenvalue weighted by atomic mass is 79.9. The highest BCUT2D eigenvalue weighted by Gasteiger charge is 2.38. The van der Waals surface area contributed by atoms with Crippen LogP contribution in [0.2, 0.25) is 0 Å². The molecule has 1 aromatic carbocycles. The Morgan fingerprint density at radius 2 is 1.95 bits per heavy atom. The van der Waals surface area contributed by atoms with Gasteiger partial charge in [0.25, 0.3) is 0 Å². The number of carboxylic acid groups (broad SMARTS) is 1. The largest absolute Gasteiger partial charge is 0.481 e. The van der Waals surface area contributed by atoms with Crippen molar-refractivity contribution in [3.8, 4) is 0 Å². The van der Waals surface area contributed by atoms with Gasteiger partial charge >= 0.3 is 5.97 Å². The van der Waals surface area contributed by atoms with E-state index < -0.39 is 11.4 Å². The number of hydrogen-bond donors (Lipinski definition) is 2. The van der Waals surface area contributed by atoms with Crippen LogP contribution in [0.1, 0.15) is 32.8 Å². The Bertz CT molecular complexity index is 508. The lowest BCUT2D eigenvalue weighted by molar-refractivity contribution is -0.153. The van der Waals surface area contributed by atoms with Crippen LogP contribution in [-0.4, -0.2) is 17.0 Å². The molecule has 20 heavy (non-hydrogen) atoms. The number of aryl methyl sites for hydroxylation is 1. The first-order valence-electron chi connectivity index (χ1n) is 6.45. The van der Waals surface area contributed by atoms with E-state index in [-0.39, 0.29) is 18.2 Å². The molecular weight excluding hydrogens is 322 g/mol. The summed E-state index contributed by atoms with van der Waals surface area (Å²) in [6.45, 7) is 7.15. The molecule has 0 radical (unpaired) electrons. The quantitative estimate of drug-likeness (QED) is 0.855. The summed E-state index contributed by atoms with van der Waals surface area (Å²) in [7, 11) is 0. The van der Waals surface area contributed by atoms with Crippen molar-refractivity contribution in [1.29, 1.82) is 0 Å². The van der Waals surface area contributed by atoms with Crippen LogP contribution in [0.3, 0.4) is 0 Å². The third kappa shape index (κ3) is 4.07. The summed E-state index contributed by atoms with van der Waals surface area (Å²) < 4.78 is 0.873. The summed E-state index contributed by atoms with van der Waals surface area (Å²) in [4.78, 5) is 23.4. The summed E-state index contributed by atoms with van der Waals surface area (Å²) in [5, 5.41) is 12.1. The summed E-state index contributed by atoms with van der Waals surface area (Å²) in [5.41, 5.74) is 0.614. The lowest BCUT2D eigenvalue weighted by Gasteiger charge is -2.28. The fourth-order valence-corrected chi connectivity index (χ4v) is 2.48. The van der Waals surface area contributed by atoms with Gasteiger partial charge in [-0.2, -0.15) is 0 Å². The Hall–Kier alpha value is -1.36. The van der Waals surface area contributed by atoms with E-state index in [0.717, 1.165) is 10.0 Å². The van der Waals surface area contributed by atoms with Gasteiger partial charge in [0.05, 0.1) is 5.41 Å². The van der Waals surface area contributed by atoms with Gasteiger partial charge in [0.15, 0.2) is 0 Å². The molecule has 2 N–H and O–H groups in total. The van der Waals surface area contributed by atoms with E-state index >= 15 is 0 Å². The molecule has 110 valence electrons. The topological polar surface area (TPSA) is 66.4 Å². The molecule has 1 amide bonds. The molecule has 1 aromatic rings. The summed E-state index contributed by atoms with van der Waals surface area (Å²) in [5.74, 6) is -1.37. The number of carbonyl (C=O) groups excluding carboxylic acids is 1. The molecule has 0 aliphatic heterocycles. The normalized spacial score (nSPS) is 13.9. The zero-order valence-corrected chi connectivity index (χ0v) is 13.7. The van der Waals surface area contributed by atoms with Gasteiger partial charge in [-0.25, -0.2) is 0 Å². The van der Waals surface area contributed by atoms with Gasteiger partial charge in [0.1, 0.15) is 0 Å². The van der Waals surface area contributed by atoms with Gasteiger partial charge in [-0.1, -0.05) is 29.8 Å². The smallest absolute Gasteiger partial charge is 0.310 e. The van der Waals surface area contributed by atoms with E-state index in [2.05, 4.69) is 21.2 Å². The van der Waals surface area contributed by atoms with Crippen LogP contribution in [-0.2, 0) is 9.59 Å². The predicted molar refractivity (Wildman–Crippen MR) is 82.7 cm³/mol. The van der Waals surface area contributed by atoms with Crippen molar-refractivity contribution in [2.45, 2.75) is 34.1 Å². The lowest BCUT2D eigenvalue weighted by Crippen LogP contribution is -2.37. The standard InChI is InChI=1S/C15H20BrNO3/c1-9(2)15(4,14(19)20)8-13(18)17-12-6-10(3)5-11(16)7-12/h5-7,9H,8H2,1-4H3,(H,17,18)(H,19,20). The number of rotatable bonds is 5. The molecule has 0 heterocycles. The van der Waals surface area contributed by atoms with Gasteiger partial charge in [-0.05, 0) is 43.5 Å². The molecule has 0 aliphatic carbocycles. The molecule has 0 aliphatic rings. The molecule has 0 aromatic heterocycles. The van der Waals surface area contributed by atoms with Gasteiger partial charge in [-0.15, -0.1) is 0 Å². The second-order valence-electron chi connectivity index (χ2n) is 5.62. The maximum absolute atomic E-state index is 12.1. The third-order valence-corrected chi connectivity index (χ3v) is 4.07. The van der Waals surface area contributed by atoms with E-state index in [0.29, 0.717) is 5.69 Å². The van der Waals surface area contributed by atoms with Crippen molar-refractivity contribution >= 4 is 33.5 Å². The maximum Gasteiger partial charge on any atom is 0.310 e. The zero-order valence-electron chi connectivity index (χ0n) is 12.2. The molecule has 0 saturated heterocycles. The van der Waals surface area contributed by atoms with Crippen LogP contribution in [0.15, 0.2) is 22.7 Å². The van der Waals surface area contributed by atoms with E-state index in [1.54, 1.807) is 13.0 Å². The first kappa shape index (κ1) is 16.7. The highest BCUT2D eigenvalue weighted by molar-refractivity contribution is 9.10. The highest BCUT2D eigenvalue weighted by Crippen LogP contribution is 2.32. The zero-order chi connectivity index (χ0) is 15.5. The molecule has 0 bridgehead atoms. The van der Waals surface area contributed by atoms with E-state index in [1.165, 1.54) is 0 Å². The number of aliphatic carboxylic acids is 1. The average molecular weight is 342 g/mol. The van der Waals surface area contributed by atoms with Gasteiger partial charge in [0.2, 0.25) is 5.91 Å². The van der Waals surface area contributed by atoms with Crippen LogP contribution >= 0.6 is 15.9 Å². The molecule has 1 unspecified atom stereocenters. The molecular formula is C15H20BrNO3. The SMILES string of the molecule is Cc1cc(Br)cc(NC(=O)CC(C)(C(=O)O)C(C)C)c1. The number of amides is 1. The molecule has 1 atom stereocenters. The van der Waals surface area contributed by atoms with Crippen molar-refractivity contribution < 1.29 is 14.7 Å². The Balaban J connectivity index is 2.84. The van der Waals surface area contributed by atoms with Crippen LogP contribution < -0.4 is 5.32 Å². The second-order valence-corrected chi connectivity index (χ2v) is 6.54. The minimum absolute atomic E-state index is 0.0500. The van der Waals surface area contributed by atoms with Crippen molar-refractivity contribution in [1.82, 2.24) is 0 Å². The Kier molecular flexibility index (Phi) is 5.34. The van der Waals surface area contributed by atoms with E-state index in [1.807, 2.05) is 32.9 Å². The van der Waals surface area contributed by atoms with Crippen molar-refractivity contribution in [3.05, 3.63) is 28.2 Å². The van der Waals surface area contributed by atoms with Crippen LogP contribution in [0.4, 0.5) is 5.69 Å². The number of nitrogens with one attached hydrogen (secondary N) is 1. The van der Waals surface area contributed by atoms with Gasteiger partial charge in [-0.3, -0.25) is 9.59 Å². The Morgan fingerprint density at radius 1 is 1.35 bits per heavy atom.